The van der Waals surface area contributed by atoms with E-state index in [1.165, 1.54) is 70.6 Å². The molecule has 0 aromatic heterocycles. The summed E-state index contributed by atoms with van der Waals surface area (Å²) in [7, 11) is 0.308. The molecule has 1 heterocycles. The largest absolute Gasteiger partial charge is 0.100 e. The molecule has 1 saturated heterocycles. The molecule has 0 bridgehead atoms. The third-order valence-electron chi connectivity index (χ3n) is 6.56. The van der Waals surface area contributed by atoms with Crippen molar-refractivity contribution >= 4 is 7.92 Å². The van der Waals surface area contributed by atoms with Crippen LogP contribution >= 0.6 is 7.92 Å². The van der Waals surface area contributed by atoms with Crippen molar-refractivity contribution in [1.82, 2.24) is 0 Å². The second kappa shape index (κ2) is 11.9. The summed E-state index contributed by atoms with van der Waals surface area (Å²) in [5, 5.41) is 0.805. The van der Waals surface area contributed by atoms with E-state index in [2.05, 4.69) is 6.92 Å². The van der Waals surface area contributed by atoms with Crippen LogP contribution < -0.4 is 0 Å². The van der Waals surface area contributed by atoms with Crippen molar-refractivity contribution in [3.05, 3.63) is 0 Å². The maximum Gasteiger partial charge on any atom is -0.00944 e. The maximum atomic E-state index is 2.38. The standard InChI is InChI=1S/C22H43P/c1-2-3-12-17-22(18-13-8-4-5-9-14-19-22)23-20-15-10-6-7-11-16-21-23/h2-21H2,1H3. The molecular weight excluding hydrogens is 295 g/mol. The molecule has 136 valence electrons. The minimum Gasteiger partial charge on any atom is -0.100 e. The minimum absolute atomic E-state index is 0.308. The Balaban J connectivity index is 2.06. The molecule has 2 rings (SSSR count). The zero-order valence-corrected chi connectivity index (χ0v) is 17.0. The average molecular weight is 339 g/mol. The summed E-state index contributed by atoms with van der Waals surface area (Å²) in [6.45, 7) is 2.38. The highest BCUT2D eigenvalue weighted by molar-refractivity contribution is 7.59. The Labute approximate surface area is 148 Å². The highest BCUT2D eigenvalue weighted by Gasteiger charge is 2.36. The Morgan fingerprint density at radius 1 is 0.609 bits per heavy atom. The molecular formula is C22H43P. The Bertz CT molecular complexity index is 266. The minimum atomic E-state index is 0.308. The quantitative estimate of drug-likeness (QED) is 0.349. The molecule has 0 radical (unpaired) electrons. The highest BCUT2D eigenvalue weighted by atomic mass is 31.1. The first-order chi connectivity index (χ1) is 11.4. The van der Waals surface area contributed by atoms with Gasteiger partial charge in [-0.25, -0.2) is 0 Å². The van der Waals surface area contributed by atoms with Crippen LogP contribution in [-0.4, -0.2) is 17.5 Å². The van der Waals surface area contributed by atoms with Gasteiger partial charge in [-0.15, -0.1) is 7.92 Å². The van der Waals surface area contributed by atoms with Gasteiger partial charge in [-0.05, 0) is 49.6 Å². The van der Waals surface area contributed by atoms with E-state index in [-0.39, 0.29) is 0 Å². The fraction of sp³-hybridized carbons (Fsp3) is 1.00. The summed E-state index contributed by atoms with van der Waals surface area (Å²) >= 11 is 0. The smallest absolute Gasteiger partial charge is 0.00944 e. The van der Waals surface area contributed by atoms with Crippen molar-refractivity contribution in [2.75, 3.05) is 12.3 Å². The summed E-state index contributed by atoms with van der Waals surface area (Å²) in [5.74, 6) is 0. The van der Waals surface area contributed by atoms with Crippen LogP contribution in [0.2, 0.25) is 0 Å². The summed E-state index contributed by atoms with van der Waals surface area (Å²) in [5.41, 5.74) is 0. The van der Waals surface area contributed by atoms with E-state index in [9.17, 15) is 0 Å². The summed E-state index contributed by atoms with van der Waals surface area (Å²) in [6, 6.07) is 0. The molecule has 2 aliphatic rings. The van der Waals surface area contributed by atoms with E-state index in [1.807, 2.05) is 0 Å². The van der Waals surface area contributed by atoms with E-state index < -0.39 is 0 Å². The summed E-state index contributed by atoms with van der Waals surface area (Å²) < 4.78 is 0. The molecule has 0 aromatic rings. The van der Waals surface area contributed by atoms with Crippen LogP contribution in [0.4, 0.5) is 0 Å². The third-order valence-corrected chi connectivity index (χ3v) is 10.3. The lowest BCUT2D eigenvalue weighted by molar-refractivity contribution is 0.417. The third kappa shape index (κ3) is 7.05. The van der Waals surface area contributed by atoms with Crippen LogP contribution in [-0.2, 0) is 0 Å². The predicted octanol–water partition coefficient (Wildman–Crippen LogP) is 8.28. The van der Waals surface area contributed by atoms with Crippen LogP contribution in [0, 0.1) is 0 Å². The van der Waals surface area contributed by atoms with Crippen LogP contribution in [0.15, 0.2) is 0 Å². The Morgan fingerprint density at radius 2 is 1.09 bits per heavy atom. The van der Waals surface area contributed by atoms with Crippen molar-refractivity contribution in [3.63, 3.8) is 0 Å². The van der Waals surface area contributed by atoms with Gasteiger partial charge in [-0.1, -0.05) is 90.4 Å². The zero-order valence-electron chi connectivity index (χ0n) is 16.1. The first-order valence-electron chi connectivity index (χ1n) is 11.1. The molecule has 0 nitrogen and oxygen atoms in total. The van der Waals surface area contributed by atoms with Crippen molar-refractivity contribution in [2.24, 2.45) is 0 Å². The first kappa shape index (κ1) is 19.8. The van der Waals surface area contributed by atoms with Crippen LogP contribution in [0.1, 0.15) is 122 Å². The maximum absolute atomic E-state index is 2.38. The molecule has 0 N–H and O–H groups in total. The fourth-order valence-electron chi connectivity index (χ4n) is 5.07. The van der Waals surface area contributed by atoms with Crippen molar-refractivity contribution in [2.45, 2.75) is 128 Å². The SMILES string of the molecule is CCCCCC1(P2CCCCCCCC2)CCCCCCCC1. The monoisotopic (exact) mass is 338 g/mol. The van der Waals surface area contributed by atoms with Gasteiger partial charge in [0, 0.05) is 0 Å². The zero-order chi connectivity index (χ0) is 16.2. The van der Waals surface area contributed by atoms with Gasteiger partial charge >= 0.3 is 0 Å². The van der Waals surface area contributed by atoms with Crippen LogP contribution in [0.5, 0.6) is 0 Å². The molecule has 0 spiro atoms. The average Bonchev–Trinajstić information content (AvgIpc) is 2.77. The van der Waals surface area contributed by atoms with Crippen molar-refractivity contribution in [3.8, 4) is 0 Å². The number of unbranched alkanes of at least 4 members (excludes halogenated alkanes) is 2. The second-order valence-corrected chi connectivity index (χ2v) is 11.3. The lowest BCUT2D eigenvalue weighted by Gasteiger charge is -2.43. The Hall–Kier alpha value is 0.430. The Morgan fingerprint density at radius 3 is 1.61 bits per heavy atom. The van der Waals surface area contributed by atoms with Crippen molar-refractivity contribution in [1.29, 1.82) is 0 Å². The van der Waals surface area contributed by atoms with E-state index >= 15 is 0 Å². The summed E-state index contributed by atoms with van der Waals surface area (Å²) in [6.07, 6.45) is 30.8. The van der Waals surface area contributed by atoms with Gasteiger partial charge in [0.15, 0.2) is 0 Å². The first-order valence-corrected chi connectivity index (χ1v) is 12.8. The number of hydrogen-bond acceptors (Lipinski definition) is 0. The molecule has 0 amide bonds. The molecule has 0 aromatic carbocycles. The molecule has 1 aliphatic carbocycles. The lowest BCUT2D eigenvalue weighted by Crippen LogP contribution is -2.29. The van der Waals surface area contributed by atoms with Gasteiger partial charge in [0.05, 0.1) is 0 Å². The van der Waals surface area contributed by atoms with Gasteiger partial charge in [0.25, 0.3) is 0 Å². The normalized spacial score (nSPS) is 25.4. The molecule has 2 fully saturated rings. The second-order valence-electron chi connectivity index (χ2n) is 8.41. The van der Waals surface area contributed by atoms with Crippen LogP contribution in [0.25, 0.3) is 0 Å². The lowest BCUT2D eigenvalue weighted by atomic mass is 9.90. The molecule has 1 aliphatic heterocycles. The molecule has 0 unspecified atom stereocenters. The number of hydrogen-bond donors (Lipinski definition) is 0. The van der Waals surface area contributed by atoms with Gasteiger partial charge in [0.2, 0.25) is 0 Å². The number of rotatable bonds is 5. The topological polar surface area (TPSA) is 0 Å². The van der Waals surface area contributed by atoms with E-state index in [0.29, 0.717) is 7.92 Å². The highest BCUT2D eigenvalue weighted by Crippen LogP contribution is 2.59. The molecule has 1 saturated carbocycles. The van der Waals surface area contributed by atoms with Gasteiger partial charge in [-0.2, -0.15) is 0 Å². The Kier molecular flexibility index (Phi) is 10.2. The van der Waals surface area contributed by atoms with Crippen molar-refractivity contribution < 1.29 is 0 Å². The molecule has 23 heavy (non-hydrogen) atoms. The molecule has 0 atom stereocenters. The summed E-state index contributed by atoms with van der Waals surface area (Å²) in [4.78, 5) is 0. The predicted molar refractivity (Wildman–Crippen MR) is 108 cm³/mol. The van der Waals surface area contributed by atoms with Gasteiger partial charge < -0.3 is 0 Å². The van der Waals surface area contributed by atoms with Gasteiger partial charge in [-0.3, -0.25) is 0 Å². The van der Waals surface area contributed by atoms with Gasteiger partial charge in [0.1, 0.15) is 0 Å². The van der Waals surface area contributed by atoms with E-state index in [1.54, 1.807) is 57.3 Å². The van der Waals surface area contributed by atoms with E-state index in [0.717, 1.165) is 5.16 Å². The van der Waals surface area contributed by atoms with Crippen LogP contribution in [0.3, 0.4) is 0 Å². The molecule has 1 heteroatoms. The van der Waals surface area contributed by atoms with E-state index in [4.69, 9.17) is 0 Å². The fourth-order valence-corrected chi connectivity index (χ4v) is 8.87.